The number of rotatable bonds is 13. The Morgan fingerprint density at radius 2 is 0.875 bits per heavy atom. The molecule has 170 valence electrons. The zero-order valence-corrected chi connectivity index (χ0v) is 20.8. The third kappa shape index (κ3) is 7.49. The van der Waals surface area contributed by atoms with E-state index in [-0.39, 0.29) is 0 Å². The van der Waals surface area contributed by atoms with Gasteiger partial charge in [0.2, 0.25) is 0 Å². The van der Waals surface area contributed by atoms with Crippen molar-refractivity contribution in [1.82, 2.24) is 0 Å². The zero-order valence-electron chi connectivity index (χ0n) is 19.9. The summed E-state index contributed by atoms with van der Waals surface area (Å²) in [5, 5.41) is 13.8. The summed E-state index contributed by atoms with van der Waals surface area (Å²) in [5.74, 6) is 0.327. The number of aromatic hydroxyl groups is 1. The van der Waals surface area contributed by atoms with Crippen molar-refractivity contribution in [2.24, 2.45) is 0 Å². The van der Waals surface area contributed by atoms with Crippen molar-refractivity contribution in [2.75, 3.05) is 0 Å². The summed E-state index contributed by atoms with van der Waals surface area (Å²) in [6.07, 6.45) is 12.8. The van der Waals surface area contributed by atoms with Gasteiger partial charge in [0.25, 0.3) is 0 Å². The molecule has 1 nitrogen and oxygen atoms in total. The standard InChI is InChI=1S/C30H39OP/c1-3-5-7-9-11-25-13-19-28(20-14-25)32(30-23-17-27(31)18-24-30)29-21-15-26(16-22-29)12-10-8-6-4-2/h13-24,31H,3-12H2,1-2H3. The minimum absolute atomic E-state index is 0.327. The SMILES string of the molecule is CCCCCCc1ccc(P(c2ccc(O)cc2)c2ccc(CCCCCC)cc2)cc1. The fourth-order valence-electron chi connectivity index (χ4n) is 4.18. The number of benzene rings is 3. The van der Waals surface area contributed by atoms with Crippen molar-refractivity contribution in [1.29, 1.82) is 0 Å². The maximum Gasteiger partial charge on any atom is 0.115 e. The van der Waals surface area contributed by atoms with Crippen LogP contribution in [0, 0.1) is 0 Å². The molecule has 0 bridgehead atoms. The molecule has 0 aliphatic rings. The van der Waals surface area contributed by atoms with Gasteiger partial charge in [-0.05, 0) is 72.8 Å². The van der Waals surface area contributed by atoms with Crippen molar-refractivity contribution in [2.45, 2.75) is 78.1 Å². The van der Waals surface area contributed by atoms with Crippen LogP contribution < -0.4 is 15.9 Å². The van der Waals surface area contributed by atoms with Gasteiger partial charge in [0.05, 0.1) is 0 Å². The highest BCUT2D eigenvalue weighted by molar-refractivity contribution is 7.79. The highest BCUT2D eigenvalue weighted by Crippen LogP contribution is 2.33. The Kier molecular flexibility index (Phi) is 10.3. The van der Waals surface area contributed by atoms with Crippen LogP contribution in [-0.4, -0.2) is 5.11 Å². The first-order valence-electron chi connectivity index (χ1n) is 12.5. The Labute approximate surface area is 196 Å². The van der Waals surface area contributed by atoms with Crippen molar-refractivity contribution in [3.63, 3.8) is 0 Å². The molecule has 2 heteroatoms. The molecule has 0 heterocycles. The smallest absolute Gasteiger partial charge is 0.115 e. The average Bonchev–Trinajstić information content (AvgIpc) is 2.83. The van der Waals surface area contributed by atoms with E-state index in [2.05, 4.69) is 74.5 Å². The van der Waals surface area contributed by atoms with Crippen molar-refractivity contribution in [3.8, 4) is 5.75 Å². The summed E-state index contributed by atoms with van der Waals surface area (Å²) >= 11 is 0. The Hall–Kier alpha value is -2.11. The molecule has 3 rings (SSSR count). The molecule has 0 atom stereocenters. The van der Waals surface area contributed by atoms with Crippen molar-refractivity contribution in [3.05, 3.63) is 83.9 Å². The second-order valence-corrected chi connectivity index (χ2v) is 11.0. The van der Waals surface area contributed by atoms with Crippen LogP contribution >= 0.6 is 7.92 Å². The van der Waals surface area contributed by atoms with Crippen LogP contribution in [-0.2, 0) is 12.8 Å². The number of hydrogen-bond donors (Lipinski definition) is 1. The van der Waals surface area contributed by atoms with E-state index >= 15 is 0 Å². The Morgan fingerprint density at radius 3 is 1.25 bits per heavy atom. The molecular formula is C30H39OP. The fourth-order valence-corrected chi connectivity index (χ4v) is 6.42. The second kappa shape index (κ2) is 13.4. The molecule has 0 aromatic heterocycles. The van der Waals surface area contributed by atoms with Crippen LogP contribution in [0.3, 0.4) is 0 Å². The van der Waals surface area contributed by atoms with Gasteiger partial charge in [-0.15, -0.1) is 0 Å². The van der Waals surface area contributed by atoms with Gasteiger partial charge in [0.1, 0.15) is 5.75 Å². The lowest BCUT2D eigenvalue weighted by atomic mass is 10.1. The molecule has 3 aromatic carbocycles. The van der Waals surface area contributed by atoms with Gasteiger partial charge >= 0.3 is 0 Å². The predicted molar refractivity (Wildman–Crippen MR) is 143 cm³/mol. The largest absolute Gasteiger partial charge is 0.508 e. The van der Waals surface area contributed by atoms with Crippen LogP contribution in [0.4, 0.5) is 0 Å². The van der Waals surface area contributed by atoms with E-state index in [0.29, 0.717) is 5.75 Å². The Balaban J connectivity index is 1.78. The molecule has 0 aliphatic carbocycles. The van der Waals surface area contributed by atoms with Crippen LogP contribution in [0.1, 0.15) is 76.3 Å². The van der Waals surface area contributed by atoms with Crippen molar-refractivity contribution < 1.29 is 5.11 Å². The highest BCUT2D eigenvalue weighted by atomic mass is 31.1. The predicted octanol–water partition coefficient (Wildman–Crippen LogP) is 7.40. The summed E-state index contributed by atoms with van der Waals surface area (Å²) in [5.41, 5.74) is 2.88. The van der Waals surface area contributed by atoms with Crippen LogP contribution in [0.5, 0.6) is 5.75 Å². The second-order valence-electron chi connectivity index (χ2n) is 8.81. The minimum Gasteiger partial charge on any atom is -0.508 e. The highest BCUT2D eigenvalue weighted by Gasteiger charge is 2.16. The van der Waals surface area contributed by atoms with Gasteiger partial charge in [-0.25, -0.2) is 0 Å². The normalized spacial score (nSPS) is 11.2. The first kappa shape index (κ1) is 24.5. The maximum atomic E-state index is 9.80. The topological polar surface area (TPSA) is 20.2 Å². The molecule has 0 saturated carbocycles. The number of unbranched alkanes of at least 4 members (excludes halogenated alkanes) is 6. The van der Waals surface area contributed by atoms with E-state index in [9.17, 15) is 5.11 Å². The molecule has 0 spiro atoms. The van der Waals surface area contributed by atoms with Crippen LogP contribution in [0.25, 0.3) is 0 Å². The first-order chi connectivity index (χ1) is 15.7. The molecule has 0 radical (unpaired) electrons. The van der Waals surface area contributed by atoms with Gasteiger partial charge < -0.3 is 5.11 Å². The van der Waals surface area contributed by atoms with E-state index in [4.69, 9.17) is 0 Å². The average molecular weight is 447 g/mol. The fraction of sp³-hybridized carbons (Fsp3) is 0.400. The summed E-state index contributed by atoms with van der Waals surface area (Å²) in [6, 6.07) is 26.4. The lowest BCUT2D eigenvalue weighted by molar-refractivity contribution is 0.475. The molecular weight excluding hydrogens is 407 g/mol. The number of hydrogen-bond acceptors (Lipinski definition) is 1. The lowest BCUT2D eigenvalue weighted by Gasteiger charge is -2.20. The van der Waals surface area contributed by atoms with Gasteiger partial charge in [-0.1, -0.05) is 113 Å². The Morgan fingerprint density at radius 1 is 0.500 bits per heavy atom. The van der Waals surface area contributed by atoms with Crippen LogP contribution in [0.15, 0.2) is 72.8 Å². The first-order valence-corrected chi connectivity index (χ1v) is 13.8. The lowest BCUT2D eigenvalue weighted by Crippen LogP contribution is -2.20. The molecule has 3 aromatic rings. The zero-order chi connectivity index (χ0) is 22.6. The van der Waals surface area contributed by atoms with Crippen LogP contribution in [0.2, 0.25) is 0 Å². The molecule has 32 heavy (non-hydrogen) atoms. The van der Waals surface area contributed by atoms with Gasteiger partial charge in [0, 0.05) is 0 Å². The van der Waals surface area contributed by atoms with E-state index in [0.717, 1.165) is 0 Å². The Bertz CT molecular complexity index is 842. The number of phenols is 1. The quantitative estimate of drug-likeness (QED) is 0.214. The van der Waals surface area contributed by atoms with Gasteiger partial charge in [0.15, 0.2) is 0 Å². The molecule has 1 N–H and O–H groups in total. The summed E-state index contributed by atoms with van der Waals surface area (Å²) in [6.45, 7) is 4.53. The molecule has 0 aliphatic heterocycles. The number of aryl methyl sites for hydroxylation is 2. The maximum absolute atomic E-state index is 9.80. The molecule has 0 saturated heterocycles. The monoisotopic (exact) mass is 446 g/mol. The van der Waals surface area contributed by atoms with Gasteiger partial charge in [-0.2, -0.15) is 0 Å². The van der Waals surface area contributed by atoms with E-state index < -0.39 is 7.92 Å². The summed E-state index contributed by atoms with van der Waals surface area (Å²) in [7, 11) is -0.632. The van der Waals surface area contributed by atoms with Gasteiger partial charge in [-0.3, -0.25) is 0 Å². The van der Waals surface area contributed by atoms with E-state index in [1.807, 2.05) is 12.1 Å². The third-order valence-electron chi connectivity index (χ3n) is 6.13. The van der Waals surface area contributed by atoms with Crippen molar-refractivity contribution >= 4 is 23.8 Å². The minimum atomic E-state index is -0.632. The van der Waals surface area contributed by atoms with E-state index in [1.165, 1.54) is 91.2 Å². The third-order valence-corrected chi connectivity index (χ3v) is 8.58. The molecule has 0 amide bonds. The summed E-state index contributed by atoms with van der Waals surface area (Å²) < 4.78 is 0. The molecule has 0 fully saturated rings. The van der Waals surface area contributed by atoms with E-state index in [1.54, 1.807) is 0 Å². The summed E-state index contributed by atoms with van der Waals surface area (Å²) in [4.78, 5) is 0. The molecule has 0 unspecified atom stereocenters. The number of phenolic OH excluding ortho intramolecular Hbond substituents is 1.